The van der Waals surface area contributed by atoms with Crippen LogP contribution >= 0.6 is 12.2 Å². The Morgan fingerprint density at radius 3 is 2.71 bits per heavy atom. The van der Waals surface area contributed by atoms with Gasteiger partial charge in [-0.2, -0.15) is 0 Å². The number of benzene rings is 1. The number of hydrogen-bond donors (Lipinski definition) is 1. The fourth-order valence-corrected chi connectivity index (χ4v) is 2.34. The van der Waals surface area contributed by atoms with Gasteiger partial charge in [0.2, 0.25) is 5.89 Å². The lowest BCUT2D eigenvalue weighted by Crippen LogP contribution is -2.27. The Kier molecular flexibility index (Phi) is 3.88. The van der Waals surface area contributed by atoms with E-state index in [9.17, 15) is 4.79 Å². The lowest BCUT2D eigenvalue weighted by molar-refractivity contribution is 0.0791. The van der Waals surface area contributed by atoms with Crippen molar-refractivity contribution in [3.63, 3.8) is 0 Å². The van der Waals surface area contributed by atoms with Crippen molar-refractivity contribution in [3.8, 4) is 11.5 Å². The highest BCUT2D eigenvalue weighted by Crippen LogP contribution is 2.32. The predicted molar refractivity (Wildman–Crippen MR) is 81.4 cm³/mol. The molecule has 1 aliphatic carbocycles. The Morgan fingerprint density at radius 1 is 1.43 bits per heavy atom. The summed E-state index contributed by atoms with van der Waals surface area (Å²) in [6.45, 7) is 0.819. The maximum absolute atomic E-state index is 12.3. The first-order valence-electron chi connectivity index (χ1n) is 7.05. The number of carbonyl (C=O) groups is 1. The zero-order chi connectivity index (χ0) is 14.8. The van der Waals surface area contributed by atoms with Crippen LogP contribution in [0.3, 0.4) is 0 Å². The van der Waals surface area contributed by atoms with E-state index in [-0.39, 0.29) is 10.7 Å². The highest BCUT2D eigenvalue weighted by Gasteiger charge is 2.22. The normalized spacial score (nSPS) is 14.1. The molecule has 0 bridgehead atoms. The van der Waals surface area contributed by atoms with Gasteiger partial charge >= 0.3 is 0 Å². The number of nitrogens with one attached hydrogen (secondary N) is 1. The molecule has 110 valence electrons. The number of rotatable bonds is 5. The molecule has 1 N–H and O–H groups in total. The van der Waals surface area contributed by atoms with E-state index in [1.165, 1.54) is 12.8 Å². The van der Waals surface area contributed by atoms with Crippen LogP contribution in [-0.2, 0) is 0 Å². The highest BCUT2D eigenvalue weighted by atomic mass is 32.1. The Labute approximate surface area is 128 Å². The van der Waals surface area contributed by atoms with Crippen molar-refractivity contribution < 1.29 is 9.21 Å². The molecule has 0 radical (unpaired) electrons. The van der Waals surface area contributed by atoms with E-state index in [0.29, 0.717) is 11.5 Å². The van der Waals surface area contributed by atoms with Gasteiger partial charge in [0.05, 0.1) is 0 Å². The minimum Gasteiger partial charge on any atom is -0.409 e. The molecule has 6 heteroatoms. The van der Waals surface area contributed by atoms with Gasteiger partial charge in [0.15, 0.2) is 0 Å². The Bertz CT molecular complexity index is 685. The van der Waals surface area contributed by atoms with Crippen molar-refractivity contribution in [2.45, 2.75) is 19.3 Å². The van der Waals surface area contributed by atoms with Crippen molar-refractivity contribution in [1.29, 1.82) is 0 Å². The average Bonchev–Trinajstić information content (AvgIpc) is 3.24. The zero-order valence-electron chi connectivity index (χ0n) is 11.8. The fourth-order valence-electron chi connectivity index (χ4n) is 2.21. The van der Waals surface area contributed by atoms with Gasteiger partial charge in [-0.1, -0.05) is 12.8 Å². The number of aromatic nitrogens is 2. The van der Waals surface area contributed by atoms with Crippen LogP contribution in [-0.4, -0.2) is 34.6 Å². The zero-order valence-corrected chi connectivity index (χ0v) is 12.7. The smallest absolute Gasteiger partial charge is 0.284 e. The van der Waals surface area contributed by atoms with Gasteiger partial charge in [-0.15, -0.1) is 5.10 Å². The quantitative estimate of drug-likeness (QED) is 0.861. The topological polar surface area (TPSA) is 62.1 Å². The first kappa shape index (κ1) is 14.0. The second-order valence-corrected chi connectivity index (χ2v) is 5.83. The molecule has 2 aromatic rings. The largest absolute Gasteiger partial charge is 0.409 e. The van der Waals surface area contributed by atoms with E-state index in [0.717, 1.165) is 24.4 Å². The van der Waals surface area contributed by atoms with E-state index in [4.69, 9.17) is 16.6 Å². The maximum Gasteiger partial charge on any atom is 0.284 e. The molecule has 5 nitrogen and oxygen atoms in total. The maximum atomic E-state index is 12.3. The molecular weight excluding hydrogens is 286 g/mol. The summed E-state index contributed by atoms with van der Waals surface area (Å²) in [6.07, 6.45) is 3.73. The number of carbonyl (C=O) groups excluding carboxylic acids is 1. The van der Waals surface area contributed by atoms with Crippen LogP contribution in [0.4, 0.5) is 0 Å². The van der Waals surface area contributed by atoms with Gasteiger partial charge in [-0.3, -0.25) is 4.79 Å². The molecule has 21 heavy (non-hydrogen) atoms. The summed E-state index contributed by atoms with van der Waals surface area (Å²) in [5, 5.41) is 6.54. The predicted octanol–water partition coefficient (Wildman–Crippen LogP) is 3.27. The number of amides is 1. The standard InChI is InChI=1S/C15H17N3O2S/c1-18(9-8-10-2-3-10)14(19)12-6-4-11(5-7-12)13-16-17-15(21)20-13/h4-7,10H,2-3,8-9H2,1H3,(H,17,21). The SMILES string of the molecule is CN(CCC1CC1)C(=O)c1ccc(-c2n[nH]c(=S)o2)cc1. The van der Waals surface area contributed by atoms with Crippen LogP contribution in [0, 0.1) is 10.8 Å². The summed E-state index contributed by atoms with van der Waals surface area (Å²) in [6, 6.07) is 7.21. The van der Waals surface area contributed by atoms with Crippen LogP contribution in [0.2, 0.25) is 0 Å². The van der Waals surface area contributed by atoms with Crippen molar-refractivity contribution in [2.24, 2.45) is 5.92 Å². The number of aromatic amines is 1. The van der Waals surface area contributed by atoms with Crippen LogP contribution in [0.1, 0.15) is 29.6 Å². The minimum atomic E-state index is 0.0464. The van der Waals surface area contributed by atoms with E-state index >= 15 is 0 Å². The molecule has 1 aromatic heterocycles. The molecule has 1 amide bonds. The summed E-state index contributed by atoms with van der Waals surface area (Å²) < 4.78 is 5.24. The molecule has 1 aromatic carbocycles. The summed E-state index contributed by atoms with van der Waals surface area (Å²) in [7, 11) is 1.85. The molecule has 0 atom stereocenters. The summed E-state index contributed by atoms with van der Waals surface area (Å²) in [5.74, 6) is 1.31. The first-order chi connectivity index (χ1) is 10.1. The summed E-state index contributed by atoms with van der Waals surface area (Å²) in [5.41, 5.74) is 1.46. The number of H-pyrrole nitrogens is 1. The van der Waals surface area contributed by atoms with Gasteiger partial charge in [0, 0.05) is 24.7 Å². The van der Waals surface area contributed by atoms with Crippen molar-refractivity contribution in [3.05, 3.63) is 34.7 Å². The van der Waals surface area contributed by atoms with Gasteiger partial charge in [-0.25, -0.2) is 5.10 Å². The molecule has 0 unspecified atom stereocenters. The second-order valence-electron chi connectivity index (χ2n) is 5.45. The van der Waals surface area contributed by atoms with Crippen LogP contribution in [0.25, 0.3) is 11.5 Å². The number of nitrogens with zero attached hydrogens (tertiary/aromatic N) is 2. The van der Waals surface area contributed by atoms with Gasteiger partial charge in [0.25, 0.3) is 10.7 Å². The molecule has 3 rings (SSSR count). The Hall–Kier alpha value is -1.95. The molecule has 1 heterocycles. The molecule has 1 fully saturated rings. The third kappa shape index (κ3) is 3.39. The molecule has 1 saturated carbocycles. The highest BCUT2D eigenvalue weighted by molar-refractivity contribution is 7.71. The summed E-state index contributed by atoms with van der Waals surface area (Å²) in [4.78, 5) is 14.3. The van der Waals surface area contributed by atoms with Crippen molar-refractivity contribution in [2.75, 3.05) is 13.6 Å². The summed E-state index contributed by atoms with van der Waals surface area (Å²) >= 11 is 4.84. The van der Waals surface area contributed by atoms with E-state index in [1.54, 1.807) is 17.0 Å². The molecule has 0 saturated heterocycles. The molecular formula is C15H17N3O2S. The van der Waals surface area contributed by atoms with Crippen molar-refractivity contribution in [1.82, 2.24) is 15.1 Å². The van der Waals surface area contributed by atoms with E-state index in [1.807, 2.05) is 19.2 Å². The fraction of sp³-hybridized carbons (Fsp3) is 0.400. The Balaban J connectivity index is 1.67. The number of hydrogen-bond acceptors (Lipinski definition) is 4. The van der Waals surface area contributed by atoms with E-state index in [2.05, 4.69) is 10.2 Å². The molecule has 1 aliphatic rings. The second kappa shape index (κ2) is 5.81. The van der Waals surface area contributed by atoms with Gasteiger partial charge in [-0.05, 0) is 48.8 Å². The lowest BCUT2D eigenvalue weighted by Gasteiger charge is -2.17. The lowest BCUT2D eigenvalue weighted by atomic mass is 10.1. The average molecular weight is 303 g/mol. The van der Waals surface area contributed by atoms with Crippen LogP contribution < -0.4 is 0 Å². The van der Waals surface area contributed by atoms with Crippen LogP contribution in [0.5, 0.6) is 0 Å². The molecule has 0 aliphatic heterocycles. The van der Waals surface area contributed by atoms with Crippen molar-refractivity contribution >= 4 is 18.1 Å². The first-order valence-corrected chi connectivity index (χ1v) is 7.46. The van der Waals surface area contributed by atoms with Crippen LogP contribution in [0.15, 0.2) is 28.7 Å². The third-order valence-corrected chi connectivity index (χ3v) is 3.91. The monoisotopic (exact) mass is 303 g/mol. The van der Waals surface area contributed by atoms with E-state index < -0.39 is 0 Å². The Morgan fingerprint density at radius 2 is 2.14 bits per heavy atom. The van der Waals surface area contributed by atoms with Gasteiger partial charge < -0.3 is 9.32 Å². The van der Waals surface area contributed by atoms with Gasteiger partial charge in [0.1, 0.15) is 0 Å². The molecule has 0 spiro atoms. The third-order valence-electron chi connectivity index (χ3n) is 3.73. The minimum absolute atomic E-state index is 0.0464.